The van der Waals surface area contributed by atoms with Crippen LogP contribution >= 0.6 is 0 Å². The van der Waals surface area contributed by atoms with E-state index < -0.39 is 6.43 Å². The molecule has 1 fully saturated rings. The van der Waals surface area contributed by atoms with Gasteiger partial charge < -0.3 is 9.80 Å². The molecule has 26 heavy (non-hydrogen) atoms. The smallest absolute Gasteiger partial charge is 0.282 e. The standard InChI is InChI=1S/C17H25F2N7/c1-12-9-14(23(2)3)21-17(20-12)26-7-5-25(6-8-26)11-13-10-24(4)22-15(13)16(18)19/h9-10,16H,5-8,11H2,1-4H3. The second-order valence-electron chi connectivity index (χ2n) is 6.84. The zero-order valence-electron chi connectivity index (χ0n) is 15.7. The molecule has 9 heteroatoms. The Labute approximate surface area is 152 Å². The first-order valence-electron chi connectivity index (χ1n) is 8.64. The van der Waals surface area contributed by atoms with E-state index >= 15 is 0 Å². The molecule has 0 saturated carbocycles. The highest BCUT2D eigenvalue weighted by molar-refractivity contribution is 5.45. The van der Waals surface area contributed by atoms with E-state index in [1.165, 1.54) is 4.68 Å². The van der Waals surface area contributed by atoms with Crippen LogP contribution in [-0.2, 0) is 13.6 Å². The third kappa shape index (κ3) is 4.09. The zero-order chi connectivity index (χ0) is 18.8. The summed E-state index contributed by atoms with van der Waals surface area (Å²) in [5, 5.41) is 3.88. The first-order chi connectivity index (χ1) is 12.3. The Hall–Kier alpha value is -2.29. The molecular weight excluding hydrogens is 340 g/mol. The van der Waals surface area contributed by atoms with Crippen LogP contribution < -0.4 is 9.80 Å². The van der Waals surface area contributed by atoms with E-state index in [0.717, 1.165) is 43.6 Å². The van der Waals surface area contributed by atoms with Crippen molar-refractivity contribution in [3.63, 3.8) is 0 Å². The van der Waals surface area contributed by atoms with Crippen molar-refractivity contribution in [2.45, 2.75) is 19.9 Å². The highest BCUT2D eigenvalue weighted by Gasteiger charge is 2.23. The Balaban J connectivity index is 1.65. The lowest BCUT2D eigenvalue weighted by atomic mass is 10.2. The van der Waals surface area contributed by atoms with Crippen molar-refractivity contribution in [3.05, 3.63) is 29.2 Å². The molecule has 7 nitrogen and oxygen atoms in total. The molecular formula is C17H25F2N7. The molecule has 1 aliphatic rings. The quantitative estimate of drug-likeness (QED) is 0.806. The number of rotatable bonds is 5. The summed E-state index contributed by atoms with van der Waals surface area (Å²) >= 11 is 0. The van der Waals surface area contributed by atoms with Gasteiger partial charge in [-0.15, -0.1) is 0 Å². The second-order valence-corrected chi connectivity index (χ2v) is 6.84. The number of nitrogens with zero attached hydrogens (tertiary/aromatic N) is 7. The Morgan fingerprint density at radius 2 is 1.85 bits per heavy atom. The van der Waals surface area contributed by atoms with Gasteiger partial charge in [-0.05, 0) is 6.92 Å². The molecule has 0 bridgehead atoms. The maximum absolute atomic E-state index is 13.1. The van der Waals surface area contributed by atoms with Gasteiger partial charge in [-0.25, -0.2) is 13.8 Å². The van der Waals surface area contributed by atoms with Crippen LogP contribution in [0.15, 0.2) is 12.3 Å². The van der Waals surface area contributed by atoms with Gasteiger partial charge in [0, 0.05) is 77.4 Å². The molecule has 2 aromatic heterocycles. The zero-order valence-corrected chi connectivity index (χ0v) is 15.7. The molecule has 0 aliphatic carbocycles. The number of hydrogen-bond acceptors (Lipinski definition) is 6. The lowest BCUT2D eigenvalue weighted by Crippen LogP contribution is -2.46. The number of anilines is 2. The molecule has 1 saturated heterocycles. The molecule has 0 spiro atoms. The minimum atomic E-state index is -2.54. The Kier molecular flexibility index (Phi) is 5.36. The van der Waals surface area contributed by atoms with Gasteiger partial charge in [-0.3, -0.25) is 9.58 Å². The molecule has 0 atom stereocenters. The minimum absolute atomic E-state index is 0.118. The fourth-order valence-electron chi connectivity index (χ4n) is 3.11. The number of aryl methyl sites for hydroxylation is 2. The molecule has 0 amide bonds. The van der Waals surface area contributed by atoms with Crippen LogP contribution in [0, 0.1) is 6.92 Å². The summed E-state index contributed by atoms with van der Waals surface area (Å²) in [7, 11) is 5.58. The third-order valence-electron chi connectivity index (χ3n) is 4.48. The van der Waals surface area contributed by atoms with Crippen LogP contribution in [0.5, 0.6) is 0 Å². The average molecular weight is 365 g/mol. The fraction of sp³-hybridized carbons (Fsp3) is 0.588. The topological polar surface area (TPSA) is 53.3 Å². The fourth-order valence-corrected chi connectivity index (χ4v) is 3.11. The number of piperazine rings is 1. The normalized spacial score (nSPS) is 15.7. The number of halogens is 2. The number of aromatic nitrogens is 4. The van der Waals surface area contributed by atoms with Gasteiger partial charge in [0.25, 0.3) is 6.43 Å². The first kappa shape index (κ1) is 18.5. The Morgan fingerprint density at radius 3 is 2.46 bits per heavy atom. The number of hydrogen-bond donors (Lipinski definition) is 0. The second kappa shape index (κ2) is 7.53. The molecule has 3 heterocycles. The summed E-state index contributed by atoms with van der Waals surface area (Å²) in [4.78, 5) is 15.4. The lowest BCUT2D eigenvalue weighted by Gasteiger charge is -2.35. The van der Waals surface area contributed by atoms with E-state index in [1.54, 1.807) is 13.2 Å². The highest BCUT2D eigenvalue weighted by Crippen LogP contribution is 2.23. The van der Waals surface area contributed by atoms with E-state index in [4.69, 9.17) is 0 Å². The van der Waals surface area contributed by atoms with Crippen LogP contribution in [-0.4, -0.2) is 64.9 Å². The molecule has 0 aromatic carbocycles. The summed E-state index contributed by atoms with van der Waals surface area (Å²) in [6.07, 6.45) is -0.862. The van der Waals surface area contributed by atoms with Crippen LogP contribution in [0.4, 0.5) is 20.5 Å². The lowest BCUT2D eigenvalue weighted by molar-refractivity contribution is 0.142. The molecule has 1 aliphatic heterocycles. The summed E-state index contributed by atoms with van der Waals surface area (Å²) < 4.78 is 27.6. The maximum atomic E-state index is 13.1. The van der Waals surface area contributed by atoms with E-state index in [1.807, 2.05) is 32.0 Å². The van der Waals surface area contributed by atoms with Gasteiger partial charge in [0.2, 0.25) is 5.95 Å². The van der Waals surface area contributed by atoms with Gasteiger partial charge in [-0.1, -0.05) is 0 Å². The highest BCUT2D eigenvalue weighted by atomic mass is 19.3. The van der Waals surface area contributed by atoms with Crippen LogP contribution in [0.25, 0.3) is 0 Å². The monoisotopic (exact) mass is 365 g/mol. The van der Waals surface area contributed by atoms with Crippen molar-refractivity contribution in [2.24, 2.45) is 7.05 Å². The summed E-state index contributed by atoms with van der Waals surface area (Å²) in [5.74, 6) is 1.61. The predicted octanol–water partition coefficient (Wildman–Crippen LogP) is 1.84. The molecule has 0 N–H and O–H groups in total. The summed E-state index contributed by atoms with van der Waals surface area (Å²) in [6, 6.07) is 1.95. The third-order valence-corrected chi connectivity index (χ3v) is 4.48. The van der Waals surface area contributed by atoms with Crippen molar-refractivity contribution in [1.29, 1.82) is 0 Å². The average Bonchev–Trinajstić information content (AvgIpc) is 2.95. The van der Waals surface area contributed by atoms with E-state index in [2.05, 4.69) is 24.9 Å². The number of alkyl halides is 2. The van der Waals surface area contributed by atoms with Crippen molar-refractivity contribution >= 4 is 11.8 Å². The van der Waals surface area contributed by atoms with Crippen molar-refractivity contribution in [2.75, 3.05) is 50.1 Å². The van der Waals surface area contributed by atoms with Crippen LogP contribution in [0.1, 0.15) is 23.4 Å². The van der Waals surface area contributed by atoms with Gasteiger partial charge in [0.1, 0.15) is 11.5 Å². The molecule has 3 rings (SSSR count). The van der Waals surface area contributed by atoms with Gasteiger partial charge >= 0.3 is 0 Å². The van der Waals surface area contributed by atoms with Crippen molar-refractivity contribution in [3.8, 4) is 0 Å². The first-order valence-corrected chi connectivity index (χ1v) is 8.64. The largest absolute Gasteiger partial charge is 0.363 e. The van der Waals surface area contributed by atoms with Gasteiger partial charge in [0.05, 0.1) is 0 Å². The summed E-state index contributed by atoms with van der Waals surface area (Å²) in [5.41, 5.74) is 1.41. The van der Waals surface area contributed by atoms with Crippen LogP contribution in [0.2, 0.25) is 0 Å². The Bertz CT molecular complexity index is 752. The molecule has 0 unspecified atom stereocenters. The molecule has 0 radical (unpaired) electrons. The molecule has 142 valence electrons. The predicted molar refractivity (Wildman–Crippen MR) is 96.8 cm³/mol. The maximum Gasteiger partial charge on any atom is 0.282 e. The van der Waals surface area contributed by atoms with Crippen LogP contribution in [0.3, 0.4) is 0 Å². The van der Waals surface area contributed by atoms with Crippen molar-refractivity contribution < 1.29 is 8.78 Å². The van der Waals surface area contributed by atoms with Gasteiger partial charge in [-0.2, -0.15) is 10.1 Å². The van der Waals surface area contributed by atoms with Gasteiger partial charge in [0.15, 0.2) is 0 Å². The SMILES string of the molecule is Cc1cc(N(C)C)nc(N2CCN(Cc3cn(C)nc3C(F)F)CC2)n1. The van der Waals surface area contributed by atoms with E-state index in [0.29, 0.717) is 12.1 Å². The summed E-state index contributed by atoms with van der Waals surface area (Å²) in [6.45, 7) is 5.52. The van der Waals surface area contributed by atoms with E-state index in [-0.39, 0.29) is 5.69 Å². The van der Waals surface area contributed by atoms with E-state index in [9.17, 15) is 8.78 Å². The molecule has 2 aromatic rings. The van der Waals surface area contributed by atoms with Crippen molar-refractivity contribution in [1.82, 2.24) is 24.6 Å². The Morgan fingerprint density at radius 1 is 1.15 bits per heavy atom. The minimum Gasteiger partial charge on any atom is -0.363 e.